The molecule has 0 bridgehead atoms. The SMILES string of the molecule is CCN(c1ccc(Cl)cc1)S(=O)(=O)c1ccc(Cl)cc1Cl. The molecular weight excluding hydrogens is 353 g/mol. The molecule has 0 amide bonds. The molecule has 112 valence electrons. The van der Waals surface area contributed by atoms with Crippen LogP contribution in [0.1, 0.15) is 6.92 Å². The second-order valence-corrected chi connectivity index (χ2v) is 7.33. The van der Waals surface area contributed by atoms with Crippen molar-refractivity contribution in [3.8, 4) is 0 Å². The molecule has 0 atom stereocenters. The molecular formula is C14H12Cl3NO2S. The predicted molar refractivity (Wildman–Crippen MR) is 88.1 cm³/mol. The van der Waals surface area contributed by atoms with Gasteiger partial charge in [0.1, 0.15) is 4.90 Å². The van der Waals surface area contributed by atoms with Crippen LogP contribution in [0.3, 0.4) is 0 Å². The van der Waals surface area contributed by atoms with Crippen molar-refractivity contribution in [3.63, 3.8) is 0 Å². The first-order valence-electron chi connectivity index (χ1n) is 6.09. The summed E-state index contributed by atoms with van der Waals surface area (Å²) in [7, 11) is -3.76. The zero-order valence-corrected chi connectivity index (χ0v) is 14.1. The number of hydrogen-bond donors (Lipinski definition) is 0. The van der Waals surface area contributed by atoms with E-state index in [1.54, 1.807) is 31.2 Å². The van der Waals surface area contributed by atoms with Crippen LogP contribution in [0.25, 0.3) is 0 Å². The van der Waals surface area contributed by atoms with Crippen LogP contribution >= 0.6 is 34.8 Å². The largest absolute Gasteiger partial charge is 0.267 e. The van der Waals surface area contributed by atoms with E-state index >= 15 is 0 Å². The van der Waals surface area contributed by atoms with E-state index in [1.807, 2.05) is 0 Å². The lowest BCUT2D eigenvalue weighted by Crippen LogP contribution is -2.30. The normalized spacial score (nSPS) is 11.4. The highest BCUT2D eigenvalue weighted by molar-refractivity contribution is 7.93. The minimum Gasteiger partial charge on any atom is -0.267 e. The summed E-state index contributed by atoms with van der Waals surface area (Å²) in [5.74, 6) is 0. The molecule has 0 aliphatic carbocycles. The zero-order chi connectivity index (χ0) is 15.6. The minimum atomic E-state index is -3.76. The van der Waals surface area contributed by atoms with Crippen LogP contribution in [0, 0.1) is 0 Å². The summed E-state index contributed by atoms with van der Waals surface area (Å²) in [5, 5.41) is 1.01. The number of nitrogens with zero attached hydrogens (tertiary/aromatic N) is 1. The molecule has 0 fully saturated rings. The van der Waals surface area contributed by atoms with Crippen molar-refractivity contribution in [1.29, 1.82) is 0 Å². The third-order valence-electron chi connectivity index (χ3n) is 2.86. The van der Waals surface area contributed by atoms with Gasteiger partial charge in [0.25, 0.3) is 10.0 Å². The van der Waals surface area contributed by atoms with E-state index in [1.165, 1.54) is 22.5 Å². The Morgan fingerprint density at radius 2 is 1.52 bits per heavy atom. The maximum Gasteiger partial charge on any atom is 0.265 e. The van der Waals surface area contributed by atoms with Gasteiger partial charge in [0.15, 0.2) is 0 Å². The molecule has 0 aliphatic heterocycles. The summed E-state index contributed by atoms with van der Waals surface area (Å²) >= 11 is 17.7. The topological polar surface area (TPSA) is 37.4 Å². The van der Waals surface area contributed by atoms with Gasteiger partial charge in [-0.05, 0) is 49.4 Å². The van der Waals surface area contributed by atoms with Crippen LogP contribution in [0.4, 0.5) is 5.69 Å². The fourth-order valence-corrected chi connectivity index (χ4v) is 4.25. The average Bonchev–Trinajstić information content (AvgIpc) is 2.41. The van der Waals surface area contributed by atoms with Gasteiger partial charge in [-0.1, -0.05) is 34.8 Å². The van der Waals surface area contributed by atoms with Gasteiger partial charge in [0.05, 0.1) is 10.7 Å². The standard InChI is InChI=1S/C14H12Cl3NO2S/c1-2-18(12-6-3-10(15)4-7-12)21(19,20)14-8-5-11(16)9-13(14)17/h3-9H,2H2,1H3. The van der Waals surface area contributed by atoms with Crippen molar-refractivity contribution in [1.82, 2.24) is 0 Å². The number of sulfonamides is 1. The Bertz CT molecular complexity index is 745. The lowest BCUT2D eigenvalue weighted by Gasteiger charge is -2.23. The van der Waals surface area contributed by atoms with Crippen molar-refractivity contribution in [2.75, 3.05) is 10.8 Å². The second kappa shape index (κ2) is 6.44. The Kier molecular flexibility index (Phi) is 5.04. The second-order valence-electron chi connectivity index (χ2n) is 4.22. The molecule has 21 heavy (non-hydrogen) atoms. The van der Waals surface area contributed by atoms with Crippen molar-refractivity contribution in [2.45, 2.75) is 11.8 Å². The molecule has 7 heteroatoms. The zero-order valence-electron chi connectivity index (χ0n) is 11.1. The fraction of sp³-hybridized carbons (Fsp3) is 0.143. The fourth-order valence-electron chi connectivity index (χ4n) is 1.90. The van der Waals surface area contributed by atoms with Crippen molar-refractivity contribution < 1.29 is 8.42 Å². The molecule has 2 aromatic carbocycles. The van der Waals surface area contributed by atoms with Crippen LogP contribution in [0.2, 0.25) is 15.1 Å². The Labute approximate surface area is 139 Å². The molecule has 0 N–H and O–H groups in total. The maximum atomic E-state index is 12.7. The molecule has 0 spiro atoms. The van der Waals surface area contributed by atoms with E-state index < -0.39 is 10.0 Å². The van der Waals surface area contributed by atoms with E-state index in [4.69, 9.17) is 34.8 Å². The number of hydrogen-bond acceptors (Lipinski definition) is 2. The van der Waals surface area contributed by atoms with Gasteiger partial charge >= 0.3 is 0 Å². The highest BCUT2D eigenvalue weighted by Crippen LogP contribution is 2.30. The van der Waals surface area contributed by atoms with Crippen molar-refractivity contribution >= 4 is 50.5 Å². The van der Waals surface area contributed by atoms with E-state index in [9.17, 15) is 8.42 Å². The van der Waals surface area contributed by atoms with Crippen LogP contribution < -0.4 is 4.31 Å². The number of rotatable bonds is 4. The molecule has 0 unspecified atom stereocenters. The van der Waals surface area contributed by atoms with Gasteiger partial charge in [-0.15, -0.1) is 0 Å². The molecule has 0 radical (unpaired) electrons. The van der Waals surface area contributed by atoms with Gasteiger partial charge in [0.2, 0.25) is 0 Å². The Balaban J connectivity index is 2.51. The third-order valence-corrected chi connectivity index (χ3v) is 5.74. The third kappa shape index (κ3) is 3.46. The summed E-state index contributed by atoms with van der Waals surface area (Å²) in [6.07, 6.45) is 0. The number of anilines is 1. The monoisotopic (exact) mass is 363 g/mol. The van der Waals surface area contributed by atoms with Crippen LogP contribution in [0.5, 0.6) is 0 Å². The highest BCUT2D eigenvalue weighted by atomic mass is 35.5. The minimum absolute atomic E-state index is 0.0189. The van der Waals surface area contributed by atoms with E-state index in [-0.39, 0.29) is 16.5 Å². The van der Waals surface area contributed by atoms with Crippen LogP contribution in [0.15, 0.2) is 47.4 Å². The van der Waals surface area contributed by atoms with Gasteiger partial charge in [-0.3, -0.25) is 4.31 Å². The molecule has 0 aliphatic rings. The van der Waals surface area contributed by atoms with Crippen molar-refractivity contribution in [2.24, 2.45) is 0 Å². The molecule has 0 saturated heterocycles. The predicted octanol–water partition coefficient (Wildman–Crippen LogP) is 4.86. The van der Waals surface area contributed by atoms with E-state index in [0.717, 1.165) is 0 Å². The summed E-state index contributed by atoms with van der Waals surface area (Å²) in [6.45, 7) is 2.01. The van der Waals surface area contributed by atoms with Gasteiger partial charge in [0, 0.05) is 16.6 Å². The molecule has 2 rings (SSSR count). The number of halogens is 3. The first-order valence-corrected chi connectivity index (χ1v) is 8.67. The number of benzene rings is 2. The molecule has 0 saturated carbocycles. The highest BCUT2D eigenvalue weighted by Gasteiger charge is 2.26. The van der Waals surface area contributed by atoms with Crippen molar-refractivity contribution in [3.05, 3.63) is 57.5 Å². The average molecular weight is 365 g/mol. The Hall–Kier alpha value is -0.940. The molecule has 0 aromatic heterocycles. The molecule has 0 heterocycles. The Morgan fingerprint density at radius 3 is 2.05 bits per heavy atom. The lowest BCUT2D eigenvalue weighted by molar-refractivity contribution is 0.592. The van der Waals surface area contributed by atoms with Crippen LogP contribution in [-0.2, 0) is 10.0 Å². The molecule has 3 nitrogen and oxygen atoms in total. The Morgan fingerprint density at radius 1 is 0.952 bits per heavy atom. The summed E-state index contributed by atoms with van der Waals surface area (Å²) in [6, 6.07) is 10.9. The van der Waals surface area contributed by atoms with Gasteiger partial charge in [-0.25, -0.2) is 8.42 Å². The smallest absolute Gasteiger partial charge is 0.265 e. The first-order chi connectivity index (χ1) is 9.86. The quantitative estimate of drug-likeness (QED) is 0.776. The molecule has 2 aromatic rings. The van der Waals surface area contributed by atoms with Gasteiger partial charge < -0.3 is 0 Å². The van der Waals surface area contributed by atoms with Crippen LogP contribution in [-0.4, -0.2) is 15.0 Å². The maximum absolute atomic E-state index is 12.7. The summed E-state index contributed by atoms with van der Waals surface area (Å²) in [4.78, 5) is 0.0189. The van der Waals surface area contributed by atoms with Gasteiger partial charge in [-0.2, -0.15) is 0 Å². The lowest BCUT2D eigenvalue weighted by atomic mass is 10.3. The van der Waals surface area contributed by atoms with E-state index in [0.29, 0.717) is 15.7 Å². The van der Waals surface area contributed by atoms with E-state index in [2.05, 4.69) is 0 Å². The first kappa shape index (κ1) is 16.4. The summed E-state index contributed by atoms with van der Waals surface area (Å²) < 4.78 is 26.8. The summed E-state index contributed by atoms with van der Waals surface area (Å²) in [5.41, 5.74) is 0.521.